The van der Waals surface area contributed by atoms with Gasteiger partial charge in [0.05, 0.1) is 11.1 Å². The van der Waals surface area contributed by atoms with E-state index in [2.05, 4.69) is 5.32 Å². The molecule has 1 fully saturated rings. The topological polar surface area (TPSA) is 95.6 Å². The lowest BCUT2D eigenvalue weighted by Crippen LogP contribution is -2.64. The van der Waals surface area contributed by atoms with Crippen molar-refractivity contribution in [1.29, 1.82) is 0 Å². The van der Waals surface area contributed by atoms with Crippen molar-refractivity contribution < 1.29 is 19.2 Å². The Morgan fingerprint density at radius 2 is 1.50 bits per heavy atom. The minimum Gasteiger partial charge on any atom is -0.300 e. The van der Waals surface area contributed by atoms with Crippen molar-refractivity contribution in [2.45, 2.75) is 6.04 Å². The van der Waals surface area contributed by atoms with Gasteiger partial charge in [-0.2, -0.15) is 0 Å². The summed E-state index contributed by atoms with van der Waals surface area (Å²) in [5, 5.41) is 4.20. The highest BCUT2D eigenvalue weighted by Crippen LogP contribution is 2.25. The van der Waals surface area contributed by atoms with Gasteiger partial charge in [-0.05, 0) is 12.1 Å². The molecule has 5 amide bonds. The van der Waals surface area contributed by atoms with E-state index in [4.69, 9.17) is 12.2 Å². The molecule has 0 aromatic heterocycles. The molecule has 0 bridgehead atoms. The Balaban J connectivity index is 2.03. The number of rotatable bonds is 1. The second-order valence-electron chi connectivity index (χ2n) is 4.24. The fraction of sp³-hybridized carbons (Fsp3) is 0.0833. The predicted molar refractivity (Wildman–Crippen MR) is 70.0 cm³/mol. The highest BCUT2D eigenvalue weighted by molar-refractivity contribution is 7.80. The number of nitrogens with one attached hydrogen (secondary N) is 2. The number of carbonyl (C=O) groups is 4. The maximum absolute atomic E-state index is 12.2. The molecule has 1 aromatic rings. The van der Waals surface area contributed by atoms with Crippen molar-refractivity contribution in [2.75, 3.05) is 0 Å². The number of imide groups is 2. The van der Waals surface area contributed by atoms with Crippen molar-refractivity contribution in [2.24, 2.45) is 0 Å². The van der Waals surface area contributed by atoms with Crippen LogP contribution in [-0.2, 0) is 4.79 Å². The van der Waals surface area contributed by atoms with E-state index in [0.29, 0.717) is 0 Å². The molecular weight excluding hydrogens is 282 g/mol. The maximum Gasteiger partial charge on any atom is 0.326 e. The molecule has 2 heterocycles. The van der Waals surface area contributed by atoms with E-state index in [9.17, 15) is 19.2 Å². The number of hydrogen-bond donors (Lipinski definition) is 2. The Hall–Kier alpha value is -2.61. The first-order valence-corrected chi connectivity index (χ1v) is 6.04. The van der Waals surface area contributed by atoms with Gasteiger partial charge in [0.15, 0.2) is 6.04 Å². The molecule has 0 saturated carbocycles. The van der Waals surface area contributed by atoms with E-state index in [1.165, 1.54) is 12.1 Å². The highest BCUT2D eigenvalue weighted by Gasteiger charge is 2.46. The Kier molecular flexibility index (Phi) is 2.61. The molecule has 7 nitrogen and oxygen atoms in total. The van der Waals surface area contributed by atoms with Crippen LogP contribution in [0.15, 0.2) is 24.3 Å². The van der Waals surface area contributed by atoms with E-state index >= 15 is 0 Å². The molecule has 2 aliphatic heterocycles. The summed E-state index contributed by atoms with van der Waals surface area (Å²) >= 11 is 4.90. The van der Waals surface area contributed by atoms with Crippen LogP contribution < -0.4 is 10.6 Å². The van der Waals surface area contributed by atoms with Gasteiger partial charge in [-0.15, -0.1) is 0 Å². The lowest BCUT2D eigenvalue weighted by Gasteiger charge is -2.29. The van der Waals surface area contributed by atoms with Gasteiger partial charge < -0.3 is 0 Å². The molecule has 2 N–H and O–H groups in total. The van der Waals surface area contributed by atoms with Crippen molar-refractivity contribution in [1.82, 2.24) is 15.5 Å². The summed E-state index contributed by atoms with van der Waals surface area (Å²) in [6.07, 6.45) is 0. The SMILES string of the molecule is O=C1NC(=O)C(N2C(=O)c3ccccc3C2=O)C(=S)N1. The van der Waals surface area contributed by atoms with Gasteiger partial charge in [0.2, 0.25) is 0 Å². The van der Waals surface area contributed by atoms with Crippen molar-refractivity contribution in [3.8, 4) is 0 Å². The third kappa shape index (κ3) is 1.62. The maximum atomic E-state index is 12.2. The first-order valence-electron chi connectivity index (χ1n) is 5.63. The van der Waals surface area contributed by atoms with Crippen LogP contribution in [0.2, 0.25) is 0 Å². The standard InChI is InChI=1S/C12H7N3O4S/c16-8-7(9(20)14-12(19)13-8)15-10(17)5-3-1-2-4-6(5)11(15)18/h1-4,7H,(H2,13,14,16,19,20). The second-order valence-corrected chi connectivity index (χ2v) is 4.68. The Bertz CT molecular complexity index is 645. The van der Waals surface area contributed by atoms with Gasteiger partial charge in [0, 0.05) is 0 Å². The lowest BCUT2D eigenvalue weighted by atomic mass is 10.1. The van der Waals surface area contributed by atoms with Gasteiger partial charge in [0.25, 0.3) is 17.7 Å². The van der Waals surface area contributed by atoms with Crippen LogP contribution in [0.4, 0.5) is 4.79 Å². The fourth-order valence-electron chi connectivity index (χ4n) is 2.19. The van der Waals surface area contributed by atoms with E-state index < -0.39 is 29.8 Å². The van der Waals surface area contributed by atoms with Crippen LogP contribution in [0.3, 0.4) is 0 Å². The molecule has 1 unspecified atom stereocenters. The molecule has 8 heteroatoms. The third-order valence-electron chi connectivity index (χ3n) is 3.05. The number of hydrogen-bond acceptors (Lipinski definition) is 5. The second kappa shape index (κ2) is 4.20. The average molecular weight is 289 g/mol. The monoisotopic (exact) mass is 289 g/mol. The van der Waals surface area contributed by atoms with E-state index in [-0.39, 0.29) is 16.1 Å². The summed E-state index contributed by atoms with van der Waals surface area (Å²) < 4.78 is 0. The summed E-state index contributed by atoms with van der Waals surface area (Å²) in [5.74, 6) is -2.01. The van der Waals surface area contributed by atoms with Crippen LogP contribution in [-0.4, -0.2) is 39.7 Å². The molecule has 100 valence electrons. The fourth-order valence-corrected chi connectivity index (χ4v) is 2.49. The van der Waals surface area contributed by atoms with E-state index in [1.807, 2.05) is 5.32 Å². The number of fused-ring (bicyclic) bond motifs is 1. The molecule has 0 aliphatic carbocycles. The first-order chi connectivity index (χ1) is 9.50. The summed E-state index contributed by atoms with van der Waals surface area (Å²) in [6.45, 7) is 0. The number of thiocarbonyl (C=S) groups is 1. The minimum absolute atomic E-state index is 0.173. The first kappa shape index (κ1) is 12.4. The number of nitrogens with zero attached hydrogens (tertiary/aromatic N) is 1. The van der Waals surface area contributed by atoms with Crippen LogP contribution >= 0.6 is 12.2 Å². The smallest absolute Gasteiger partial charge is 0.300 e. The molecule has 20 heavy (non-hydrogen) atoms. The van der Waals surface area contributed by atoms with Crippen molar-refractivity contribution in [3.63, 3.8) is 0 Å². The number of urea groups is 1. The Morgan fingerprint density at radius 3 is 2.00 bits per heavy atom. The number of benzene rings is 1. The average Bonchev–Trinajstić information content (AvgIpc) is 2.64. The number of amides is 5. The molecule has 3 rings (SSSR count). The summed E-state index contributed by atoms with van der Waals surface area (Å²) in [6, 6.07) is 4.15. The van der Waals surface area contributed by atoms with Crippen LogP contribution in [0.1, 0.15) is 20.7 Å². The third-order valence-corrected chi connectivity index (χ3v) is 3.38. The van der Waals surface area contributed by atoms with Gasteiger partial charge in [-0.3, -0.25) is 29.9 Å². The minimum atomic E-state index is -1.31. The molecule has 1 aromatic carbocycles. The molecule has 2 aliphatic rings. The zero-order valence-electron chi connectivity index (χ0n) is 9.88. The summed E-state index contributed by atoms with van der Waals surface area (Å²) in [7, 11) is 0. The molecule has 0 spiro atoms. The highest BCUT2D eigenvalue weighted by atomic mass is 32.1. The predicted octanol–water partition coefficient (Wildman–Crippen LogP) is -0.182. The largest absolute Gasteiger partial charge is 0.326 e. The molecule has 1 atom stereocenters. The molecule has 0 radical (unpaired) electrons. The normalized spacial score (nSPS) is 21.7. The quantitative estimate of drug-likeness (QED) is 0.552. The molecule has 1 saturated heterocycles. The van der Waals surface area contributed by atoms with Gasteiger partial charge in [-0.1, -0.05) is 24.4 Å². The zero-order valence-corrected chi connectivity index (χ0v) is 10.7. The molecular formula is C12H7N3O4S. The number of carbonyl (C=O) groups excluding carboxylic acids is 4. The van der Waals surface area contributed by atoms with Gasteiger partial charge in [-0.25, -0.2) is 4.79 Å². The van der Waals surface area contributed by atoms with Crippen LogP contribution in [0.25, 0.3) is 0 Å². The summed E-state index contributed by atoms with van der Waals surface area (Å²) in [5.41, 5.74) is 0.426. The van der Waals surface area contributed by atoms with Gasteiger partial charge >= 0.3 is 6.03 Å². The zero-order chi connectivity index (χ0) is 14.4. The van der Waals surface area contributed by atoms with E-state index in [0.717, 1.165) is 4.90 Å². The van der Waals surface area contributed by atoms with E-state index in [1.54, 1.807) is 12.1 Å². The summed E-state index contributed by atoms with van der Waals surface area (Å²) in [4.78, 5) is 48.0. The van der Waals surface area contributed by atoms with Crippen molar-refractivity contribution in [3.05, 3.63) is 35.4 Å². The van der Waals surface area contributed by atoms with Crippen LogP contribution in [0, 0.1) is 0 Å². The Labute approximate surface area is 117 Å². The van der Waals surface area contributed by atoms with Crippen molar-refractivity contribution >= 4 is 41.0 Å². The lowest BCUT2D eigenvalue weighted by molar-refractivity contribution is -0.122. The van der Waals surface area contributed by atoms with Gasteiger partial charge in [0.1, 0.15) is 4.99 Å². The van der Waals surface area contributed by atoms with Crippen LogP contribution in [0.5, 0.6) is 0 Å². The Morgan fingerprint density at radius 1 is 0.950 bits per heavy atom.